The van der Waals surface area contributed by atoms with E-state index in [0.29, 0.717) is 29.2 Å². The number of fused-ring (bicyclic) bond motifs is 2. The largest absolute Gasteiger partial charge is 0.353 e. The molecule has 0 spiro atoms. The summed E-state index contributed by atoms with van der Waals surface area (Å²) in [6.45, 7) is 4.57. The molecule has 3 fully saturated rings. The van der Waals surface area contributed by atoms with E-state index in [9.17, 15) is 4.79 Å². The Kier molecular flexibility index (Phi) is 5.59. The molecular weight excluding hydrogens is 332 g/mol. The third-order valence-electron chi connectivity index (χ3n) is 7.53. The van der Waals surface area contributed by atoms with Crippen LogP contribution in [0.15, 0.2) is 30.3 Å². The summed E-state index contributed by atoms with van der Waals surface area (Å²) < 4.78 is 0. The number of hydrogen-bond donors (Lipinski definition) is 2. The van der Waals surface area contributed by atoms with E-state index in [1.54, 1.807) is 5.56 Å². The molecule has 1 aromatic carbocycles. The molecule has 0 aromatic heterocycles. The van der Waals surface area contributed by atoms with E-state index >= 15 is 0 Å². The van der Waals surface area contributed by atoms with Gasteiger partial charge in [-0.3, -0.25) is 4.79 Å². The van der Waals surface area contributed by atoms with Crippen molar-refractivity contribution >= 4 is 5.91 Å². The number of nitrogens with one attached hydrogen (secondary N) is 2. The lowest BCUT2D eigenvalue weighted by Crippen LogP contribution is -2.46. The van der Waals surface area contributed by atoms with Crippen LogP contribution in [-0.4, -0.2) is 25.0 Å². The number of hydrogen-bond acceptors (Lipinski definition) is 2. The van der Waals surface area contributed by atoms with Gasteiger partial charge in [0.05, 0.1) is 0 Å². The number of amides is 1. The summed E-state index contributed by atoms with van der Waals surface area (Å²) in [7, 11) is 0. The molecule has 3 aliphatic rings. The molecule has 2 N–H and O–H groups in total. The molecule has 4 rings (SSSR count). The van der Waals surface area contributed by atoms with Crippen LogP contribution in [0.4, 0.5) is 0 Å². The first kappa shape index (κ1) is 19.0. The first-order valence-corrected chi connectivity index (χ1v) is 11.1. The Morgan fingerprint density at radius 2 is 1.93 bits per heavy atom. The smallest absolute Gasteiger partial charge is 0.220 e. The minimum Gasteiger partial charge on any atom is -0.353 e. The van der Waals surface area contributed by atoms with Crippen molar-refractivity contribution in [1.29, 1.82) is 0 Å². The van der Waals surface area contributed by atoms with Gasteiger partial charge in [-0.1, -0.05) is 43.7 Å². The summed E-state index contributed by atoms with van der Waals surface area (Å²) in [6.07, 6.45) is 11.9. The molecule has 3 unspecified atom stereocenters. The SMILES string of the molecule is CC12CCCC(c3ccccc3)(CC(CCC(=O)NC3CCNCC3)C1)C2. The minimum absolute atomic E-state index is 0.275. The lowest BCUT2D eigenvalue weighted by Gasteiger charge is -2.54. The highest BCUT2D eigenvalue weighted by molar-refractivity contribution is 5.76. The molecule has 1 saturated heterocycles. The Morgan fingerprint density at radius 3 is 2.70 bits per heavy atom. The summed E-state index contributed by atoms with van der Waals surface area (Å²) in [4.78, 5) is 12.5. The van der Waals surface area contributed by atoms with Crippen LogP contribution in [0.2, 0.25) is 0 Å². The zero-order chi connectivity index (χ0) is 18.7. The maximum atomic E-state index is 12.5. The van der Waals surface area contributed by atoms with E-state index in [4.69, 9.17) is 0 Å². The van der Waals surface area contributed by atoms with Crippen molar-refractivity contribution in [2.45, 2.75) is 82.6 Å². The fraction of sp³-hybridized carbons (Fsp3) is 0.708. The Bertz CT molecular complexity index is 639. The minimum atomic E-state index is 0.275. The number of benzene rings is 1. The van der Waals surface area contributed by atoms with Crippen molar-refractivity contribution in [3.8, 4) is 0 Å². The van der Waals surface area contributed by atoms with Gasteiger partial charge < -0.3 is 10.6 Å². The number of rotatable bonds is 5. The van der Waals surface area contributed by atoms with Crippen LogP contribution in [0.3, 0.4) is 0 Å². The van der Waals surface area contributed by atoms with E-state index in [1.807, 2.05) is 0 Å². The molecule has 3 heteroatoms. The molecule has 148 valence electrons. The standard InChI is InChI=1S/C24H36N2O/c1-23-12-5-13-24(18-23,20-6-3-2-4-7-20)17-19(16-23)8-9-22(27)26-21-10-14-25-15-11-21/h2-4,6-7,19,21,25H,5,8-18H2,1H3,(H,26,27). The van der Waals surface area contributed by atoms with Gasteiger partial charge in [0.2, 0.25) is 5.91 Å². The molecule has 1 aliphatic heterocycles. The van der Waals surface area contributed by atoms with Crippen molar-refractivity contribution in [2.24, 2.45) is 11.3 Å². The highest BCUT2D eigenvalue weighted by atomic mass is 16.1. The molecule has 1 aromatic rings. The van der Waals surface area contributed by atoms with Gasteiger partial charge in [0.15, 0.2) is 0 Å². The van der Waals surface area contributed by atoms with Gasteiger partial charge in [-0.2, -0.15) is 0 Å². The molecule has 3 nitrogen and oxygen atoms in total. The van der Waals surface area contributed by atoms with Gasteiger partial charge >= 0.3 is 0 Å². The van der Waals surface area contributed by atoms with Crippen LogP contribution in [-0.2, 0) is 10.2 Å². The van der Waals surface area contributed by atoms with E-state index in [2.05, 4.69) is 47.9 Å². The average molecular weight is 369 g/mol. The second-order valence-corrected chi connectivity index (χ2v) is 9.89. The summed E-state index contributed by atoms with van der Waals surface area (Å²) in [5.74, 6) is 0.958. The zero-order valence-electron chi connectivity index (χ0n) is 16.9. The van der Waals surface area contributed by atoms with Gasteiger partial charge in [0, 0.05) is 12.5 Å². The first-order valence-electron chi connectivity index (χ1n) is 11.1. The van der Waals surface area contributed by atoms with Crippen LogP contribution in [0.1, 0.15) is 76.7 Å². The van der Waals surface area contributed by atoms with Crippen molar-refractivity contribution in [3.63, 3.8) is 0 Å². The second-order valence-electron chi connectivity index (χ2n) is 9.89. The molecule has 0 radical (unpaired) electrons. The Hall–Kier alpha value is -1.35. The quantitative estimate of drug-likeness (QED) is 0.800. The summed E-state index contributed by atoms with van der Waals surface area (Å²) >= 11 is 0. The summed E-state index contributed by atoms with van der Waals surface area (Å²) in [6, 6.07) is 11.6. The number of carbonyl (C=O) groups excluding carboxylic acids is 1. The van der Waals surface area contributed by atoms with Crippen molar-refractivity contribution in [3.05, 3.63) is 35.9 Å². The average Bonchev–Trinajstić information content (AvgIpc) is 2.67. The van der Waals surface area contributed by atoms with Crippen LogP contribution in [0.25, 0.3) is 0 Å². The highest BCUT2D eigenvalue weighted by Crippen LogP contribution is 2.58. The van der Waals surface area contributed by atoms with Gasteiger partial charge in [0.25, 0.3) is 0 Å². The fourth-order valence-electron chi connectivity index (χ4n) is 6.48. The predicted molar refractivity (Wildman–Crippen MR) is 111 cm³/mol. The Balaban J connectivity index is 1.39. The molecule has 1 heterocycles. The third kappa shape index (κ3) is 4.39. The molecule has 2 bridgehead atoms. The molecule has 2 saturated carbocycles. The maximum Gasteiger partial charge on any atom is 0.220 e. The van der Waals surface area contributed by atoms with Crippen molar-refractivity contribution < 1.29 is 4.79 Å². The topological polar surface area (TPSA) is 41.1 Å². The van der Waals surface area contributed by atoms with Gasteiger partial charge in [-0.15, -0.1) is 0 Å². The normalized spacial score (nSPS) is 34.2. The van der Waals surface area contributed by atoms with Crippen LogP contribution >= 0.6 is 0 Å². The van der Waals surface area contributed by atoms with E-state index in [1.165, 1.54) is 38.5 Å². The summed E-state index contributed by atoms with van der Waals surface area (Å²) in [5, 5.41) is 6.65. The second kappa shape index (κ2) is 7.95. The third-order valence-corrected chi connectivity index (χ3v) is 7.53. The predicted octanol–water partition coefficient (Wildman–Crippen LogP) is 4.56. The fourth-order valence-corrected chi connectivity index (χ4v) is 6.48. The van der Waals surface area contributed by atoms with Gasteiger partial charge in [-0.05, 0) is 86.8 Å². The van der Waals surface area contributed by atoms with Crippen LogP contribution in [0.5, 0.6) is 0 Å². The van der Waals surface area contributed by atoms with Crippen molar-refractivity contribution in [1.82, 2.24) is 10.6 Å². The maximum absolute atomic E-state index is 12.5. The van der Waals surface area contributed by atoms with E-state index in [-0.39, 0.29) is 5.91 Å². The molecule has 2 aliphatic carbocycles. The molecule has 3 atom stereocenters. The lowest BCUT2D eigenvalue weighted by molar-refractivity contribution is -0.122. The first-order chi connectivity index (χ1) is 13.1. The Morgan fingerprint density at radius 1 is 1.15 bits per heavy atom. The monoisotopic (exact) mass is 368 g/mol. The van der Waals surface area contributed by atoms with Crippen LogP contribution in [0, 0.1) is 11.3 Å². The van der Waals surface area contributed by atoms with Gasteiger partial charge in [0.1, 0.15) is 0 Å². The lowest BCUT2D eigenvalue weighted by atomic mass is 9.50. The number of carbonyl (C=O) groups is 1. The highest BCUT2D eigenvalue weighted by Gasteiger charge is 2.49. The molecule has 27 heavy (non-hydrogen) atoms. The van der Waals surface area contributed by atoms with Gasteiger partial charge in [-0.25, -0.2) is 0 Å². The Labute approximate surface area is 164 Å². The molecular formula is C24H36N2O. The number of piperidine rings is 1. The van der Waals surface area contributed by atoms with Crippen molar-refractivity contribution in [2.75, 3.05) is 13.1 Å². The van der Waals surface area contributed by atoms with E-state index < -0.39 is 0 Å². The van der Waals surface area contributed by atoms with E-state index in [0.717, 1.165) is 32.4 Å². The van der Waals surface area contributed by atoms with Crippen LogP contribution < -0.4 is 10.6 Å². The zero-order valence-corrected chi connectivity index (χ0v) is 16.9. The molecule has 1 amide bonds. The summed E-state index contributed by atoms with van der Waals surface area (Å²) in [5.41, 5.74) is 2.35.